The third-order valence-corrected chi connectivity index (χ3v) is 6.59. The fourth-order valence-corrected chi connectivity index (χ4v) is 4.72. The van der Waals surface area contributed by atoms with E-state index in [4.69, 9.17) is 0 Å². The molecule has 0 aliphatic carbocycles. The Labute approximate surface area is 156 Å². The lowest BCUT2D eigenvalue weighted by Crippen LogP contribution is -2.49. The van der Waals surface area contributed by atoms with Gasteiger partial charge in [-0.25, -0.2) is 17.7 Å². The number of nitrogens with zero attached hydrogens (tertiary/aromatic N) is 4. The number of amides is 1. The zero-order chi connectivity index (χ0) is 18.6. The molecule has 0 radical (unpaired) electrons. The largest absolute Gasteiger partial charge is 0.353 e. The molecular formula is C18H28N4O3S. The Kier molecular flexibility index (Phi) is 6.13. The molecule has 0 aromatic carbocycles. The van der Waals surface area contributed by atoms with Crippen molar-refractivity contribution in [3.05, 3.63) is 24.4 Å². The number of rotatable bonds is 5. The van der Waals surface area contributed by atoms with E-state index in [0.29, 0.717) is 19.5 Å². The molecule has 1 aromatic rings. The quantitative estimate of drug-likeness (QED) is 0.767. The molecule has 0 bridgehead atoms. The number of aromatic nitrogens is 1. The zero-order valence-electron chi connectivity index (χ0n) is 15.4. The van der Waals surface area contributed by atoms with Gasteiger partial charge in [0, 0.05) is 51.9 Å². The Morgan fingerprint density at radius 2 is 1.96 bits per heavy atom. The van der Waals surface area contributed by atoms with Gasteiger partial charge in [-0.1, -0.05) is 6.07 Å². The fraction of sp³-hybridized carbons (Fsp3) is 0.667. The van der Waals surface area contributed by atoms with Gasteiger partial charge in [-0.15, -0.1) is 0 Å². The molecular weight excluding hydrogens is 352 g/mol. The van der Waals surface area contributed by atoms with Crippen molar-refractivity contribution in [1.29, 1.82) is 0 Å². The van der Waals surface area contributed by atoms with Crippen LogP contribution in [0.15, 0.2) is 24.4 Å². The zero-order valence-corrected chi connectivity index (χ0v) is 16.2. The molecule has 1 atom stereocenters. The third kappa shape index (κ3) is 4.94. The van der Waals surface area contributed by atoms with Gasteiger partial charge in [-0.05, 0) is 37.3 Å². The van der Waals surface area contributed by atoms with Crippen molar-refractivity contribution in [1.82, 2.24) is 14.2 Å². The van der Waals surface area contributed by atoms with E-state index in [9.17, 15) is 13.2 Å². The number of anilines is 1. The molecule has 0 spiro atoms. The van der Waals surface area contributed by atoms with Crippen molar-refractivity contribution in [3.8, 4) is 0 Å². The van der Waals surface area contributed by atoms with Crippen molar-refractivity contribution in [2.75, 3.05) is 50.4 Å². The Hall–Kier alpha value is -1.67. The molecule has 2 aliphatic rings. The second kappa shape index (κ2) is 8.35. The summed E-state index contributed by atoms with van der Waals surface area (Å²) in [6.45, 7) is 4.20. The van der Waals surface area contributed by atoms with E-state index in [2.05, 4.69) is 9.88 Å². The van der Waals surface area contributed by atoms with Crippen molar-refractivity contribution in [3.63, 3.8) is 0 Å². The number of carbonyl (C=O) groups excluding carboxylic acids is 1. The number of hydrogen-bond donors (Lipinski definition) is 0. The van der Waals surface area contributed by atoms with E-state index < -0.39 is 10.0 Å². The molecule has 1 amide bonds. The normalized spacial score (nSPS) is 22.4. The van der Waals surface area contributed by atoms with Gasteiger partial charge in [0.1, 0.15) is 5.82 Å². The molecule has 8 heteroatoms. The highest BCUT2D eigenvalue weighted by Crippen LogP contribution is 2.23. The lowest BCUT2D eigenvalue weighted by atomic mass is 9.94. The smallest absolute Gasteiger partial charge is 0.222 e. The topological polar surface area (TPSA) is 73.8 Å². The van der Waals surface area contributed by atoms with Crippen molar-refractivity contribution < 1.29 is 13.2 Å². The second-order valence-corrected chi connectivity index (χ2v) is 9.21. The standard InChI is InChI=1S/C18H28N4O3S/c1-26(24,25)22-10-4-5-16(15-22)7-8-18(23)21-13-11-20(12-14-21)17-6-2-3-9-19-17/h2-3,6,9,16H,4-5,7-8,10-15H2,1H3. The minimum absolute atomic E-state index is 0.183. The van der Waals surface area contributed by atoms with Crippen molar-refractivity contribution in [2.24, 2.45) is 5.92 Å². The lowest BCUT2D eigenvalue weighted by Gasteiger charge is -2.36. The van der Waals surface area contributed by atoms with Crippen LogP contribution < -0.4 is 4.90 Å². The van der Waals surface area contributed by atoms with Gasteiger partial charge in [-0.2, -0.15) is 0 Å². The van der Waals surface area contributed by atoms with Crippen molar-refractivity contribution >= 4 is 21.7 Å². The first-order valence-electron chi connectivity index (χ1n) is 9.32. The first-order valence-corrected chi connectivity index (χ1v) is 11.2. The monoisotopic (exact) mass is 380 g/mol. The summed E-state index contributed by atoms with van der Waals surface area (Å²) >= 11 is 0. The van der Waals surface area contributed by atoms with Crippen LogP contribution >= 0.6 is 0 Å². The predicted molar refractivity (Wildman–Crippen MR) is 101 cm³/mol. The molecule has 3 rings (SSSR count). The molecule has 2 fully saturated rings. The van der Waals surface area contributed by atoms with Crippen LogP contribution in [0.5, 0.6) is 0 Å². The highest BCUT2D eigenvalue weighted by atomic mass is 32.2. The van der Waals surface area contributed by atoms with E-state index in [1.54, 1.807) is 10.5 Å². The first-order chi connectivity index (χ1) is 12.4. The predicted octanol–water partition coefficient (Wildman–Crippen LogP) is 1.18. The molecule has 1 unspecified atom stereocenters. The van der Waals surface area contributed by atoms with E-state index in [0.717, 1.165) is 51.3 Å². The number of piperazine rings is 1. The average Bonchev–Trinajstić information content (AvgIpc) is 2.66. The van der Waals surface area contributed by atoms with Crippen LogP contribution in [0.25, 0.3) is 0 Å². The van der Waals surface area contributed by atoms with E-state index in [1.165, 1.54) is 6.26 Å². The van der Waals surface area contributed by atoms with Crippen LogP contribution in [0.3, 0.4) is 0 Å². The molecule has 2 aliphatic heterocycles. The highest BCUT2D eigenvalue weighted by molar-refractivity contribution is 7.88. The third-order valence-electron chi connectivity index (χ3n) is 5.32. The lowest BCUT2D eigenvalue weighted by molar-refractivity contribution is -0.131. The van der Waals surface area contributed by atoms with E-state index >= 15 is 0 Å². The van der Waals surface area contributed by atoms with Crippen LogP contribution in [0.2, 0.25) is 0 Å². The Balaban J connectivity index is 1.43. The van der Waals surface area contributed by atoms with Crippen LogP contribution in [0, 0.1) is 5.92 Å². The SMILES string of the molecule is CS(=O)(=O)N1CCCC(CCC(=O)N2CCN(c3ccccn3)CC2)C1. The van der Waals surface area contributed by atoms with E-state index in [1.807, 2.05) is 23.1 Å². The van der Waals surface area contributed by atoms with Crippen LogP contribution in [0.4, 0.5) is 5.82 Å². The summed E-state index contributed by atoms with van der Waals surface area (Å²) in [6, 6.07) is 5.87. The van der Waals surface area contributed by atoms with Crippen LogP contribution in [-0.4, -0.2) is 74.0 Å². The molecule has 0 saturated carbocycles. The van der Waals surface area contributed by atoms with Gasteiger partial charge in [0.15, 0.2) is 0 Å². The second-order valence-electron chi connectivity index (χ2n) is 7.22. The van der Waals surface area contributed by atoms with Gasteiger partial charge in [0.05, 0.1) is 6.26 Å². The number of pyridine rings is 1. The maximum absolute atomic E-state index is 12.5. The molecule has 1 aromatic heterocycles. The summed E-state index contributed by atoms with van der Waals surface area (Å²) < 4.78 is 25.0. The number of hydrogen-bond acceptors (Lipinski definition) is 5. The molecule has 26 heavy (non-hydrogen) atoms. The van der Waals surface area contributed by atoms with Gasteiger partial charge in [0.2, 0.25) is 15.9 Å². The van der Waals surface area contributed by atoms with Gasteiger partial charge in [-0.3, -0.25) is 4.79 Å². The van der Waals surface area contributed by atoms with Crippen LogP contribution in [0.1, 0.15) is 25.7 Å². The Morgan fingerprint density at radius 3 is 2.62 bits per heavy atom. The van der Waals surface area contributed by atoms with Crippen molar-refractivity contribution in [2.45, 2.75) is 25.7 Å². The van der Waals surface area contributed by atoms with Gasteiger partial charge >= 0.3 is 0 Å². The van der Waals surface area contributed by atoms with Gasteiger partial charge in [0.25, 0.3) is 0 Å². The summed E-state index contributed by atoms with van der Waals surface area (Å²) in [5.74, 6) is 1.43. The summed E-state index contributed by atoms with van der Waals surface area (Å²) in [5.41, 5.74) is 0. The summed E-state index contributed by atoms with van der Waals surface area (Å²) in [7, 11) is -3.12. The molecule has 144 valence electrons. The molecule has 0 N–H and O–H groups in total. The minimum Gasteiger partial charge on any atom is -0.353 e. The number of carbonyl (C=O) groups is 1. The molecule has 2 saturated heterocycles. The maximum atomic E-state index is 12.5. The molecule has 3 heterocycles. The van der Waals surface area contributed by atoms with E-state index in [-0.39, 0.29) is 11.8 Å². The average molecular weight is 381 g/mol. The number of sulfonamides is 1. The fourth-order valence-electron chi connectivity index (χ4n) is 3.78. The Bertz CT molecular complexity index is 702. The number of piperidine rings is 1. The summed E-state index contributed by atoms with van der Waals surface area (Å²) in [5, 5.41) is 0. The summed E-state index contributed by atoms with van der Waals surface area (Å²) in [6.07, 6.45) is 6.22. The van der Waals surface area contributed by atoms with Crippen LogP contribution in [-0.2, 0) is 14.8 Å². The van der Waals surface area contributed by atoms with Gasteiger partial charge < -0.3 is 9.80 Å². The first kappa shape index (κ1) is 19.1. The Morgan fingerprint density at radius 1 is 1.19 bits per heavy atom. The maximum Gasteiger partial charge on any atom is 0.222 e. The summed E-state index contributed by atoms with van der Waals surface area (Å²) in [4.78, 5) is 21.0. The minimum atomic E-state index is -3.12. The highest BCUT2D eigenvalue weighted by Gasteiger charge is 2.27. The molecule has 7 nitrogen and oxygen atoms in total.